The Bertz CT molecular complexity index is 503. The molecule has 0 aromatic heterocycles. The van der Waals surface area contributed by atoms with E-state index < -0.39 is 0 Å². The Morgan fingerprint density at radius 2 is 1.76 bits per heavy atom. The summed E-state index contributed by atoms with van der Waals surface area (Å²) >= 11 is 1.73. The summed E-state index contributed by atoms with van der Waals surface area (Å²) in [6.45, 7) is 2.02. The third-order valence-corrected chi connectivity index (χ3v) is 3.61. The molecule has 2 rings (SSSR count). The van der Waals surface area contributed by atoms with E-state index in [9.17, 15) is 4.39 Å². The molecule has 2 aromatic rings. The van der Waals surface area contributed by atoms with Gasteiger partial charge in [0, 0.05) is 4.90 Å². The first kappa shape index (κ1) is 12.2. The van der Waals surface area contributed by atoms with Crippen LogP contribution in [0.25, 0.3) is 0 Å². The van der Waals surface area contributed by atoms with E-state index in [1.54, 1.807) is 17.8 Å². The predicted molar refractivity (Wildman–Crippen MR) is 72.2 cm³/mol. The topological polar surface area (TPSA) is 0 Å². The van der Waals surface area contributed by atoms with E-state index >= 15 is 0 Å². The van der Waals surface area contributed by atoms with Crippen molar-refractivity contribution in [1.29, 1.82) is 0 Å². The summed E-state index contributed by atoms with van der Waals surface area (Å²) in [6, 6.07) is 13.4. The molecule has 0 saturated carbocycles. The highest BCUT2D eigenvalue weighted by molar-refractivity contribution is 7.98. The van der Waals surface area contributed by atoms with Gasteiger partial charge in [0.25, 0.3) is 0 Å². The molecular weight excluding hydrogens is 231 g/mol. The van der Waals surface area contributed by atoms with Crippen LogP contribution in [0.4, 0.5) is 4.39 Å². The molecule has 0 atom stereocenters. The van der Waals surface area contributed by atoms with Crippen LogP contribution in [0.2, 0.25) is 0 Å². The maximum absolute atomic E-state index is 13.2. The SMILES string of the molecule is CSc1ccc(Cc2cc(F)ccc2C)cc1. The van der Waals surface area contributed by atoms with Gasteiger partial charge in [-0.05, 0) is 60.6 Å². The van der Waals surface area contributed by atoms with Gasteiger partial charge in [-0.15, -0.1) is 11.8 Å². The van der Waals surface area contributed by atoms with E-state index in [2.05, 4.69) is 30.5 Å². The predicted octanol–water partition coefficient (Wildman–Crippen LogP) is 4.45. The molecule has 88 valence electrons. The Hall–Kier alpha value is -1.28. The molecule has 2 heteroatoms. The summed E-state index contributed by atoms with van der Waals surface area (Å²) in [5.74, 6) is -0.161. The zero-order valence-electron chi connectivity index (χ0n) is 10.0. The third-order valence-electron chi connectivity index (χ3n) is 2.86. The zero-order chi connectivity index (χ0) is 12.3. The van der Waals surface area contributed by atoms with Crippen molar-refractivity contribution in [2.45, 2.75) is 18.2 Å². The fourth-order valence-electron chi connectivity index (χ4n) is 1.79. The minimum Gasteiger partial charge on any atom is -0.207 e. The molecule has 0 N–H and O–H groups in total. The Balaban J connectivity index is 2.22. The first-order chi connectivity index (χ1) is 8.19. The van der Waals surface area contributed by atoms with Gasteiger partial charge in [0.05, 0.1) is 0 Å². The fourth-order valence-corrected chi connectivity index (χ4v) is 2.20. The number of halogens is 1. The summed E-state index contributed by atoms with van der Waals surface area (Å²) in [6.07, 6.45) is 2.85. The molecule has 0 spiro atoms. The van der Waals surface area contributed by atoms with Crippen molar-refractivity contribution in [1.82, 2.24) is 0 Å². The van der Waals surface area contributed by atoms with E-state index in [0.717, 1.165) is 17.5 Å². The number of thioether (sulfide) groups is 1. The molecule has 2 aromatic carbocycles. The number of benzene rings is 2. The highest BCUT2D eigenvalue weighted by atomic mass is 32.2. The second-order valence-corrected chi connectivity index (χ2v) is 4.98. The summed E-state index contributed by atoms with van der Waals surface area (Å²) in [4.78, 5) is 1.25. The minimum absolute atomic E-state index is 0.161. The Labute approximate surface area is 106 Å². The molecule has 0 amide bonds. The number of aryl methyl sites for hydroxylation is 1. The van der Waals surface area contributed by atoms with E-state index in [0.29, 0.717) is 0 Å². The lowest BCUT2D eigenvalue weighted by Crippen LogP contribution is -1.93. The Kier molecular flexibility index (Phi) is 3.85. The van der Waals surface area contributed by atoms with Gasteiger partial charge in [-0.25, -0.2) is 4.39 Å². The van der Waals surface area contributed by atoms with Gasteiger partial charge < -0.3 is 0 Å². The van der Waals surface area contributed by atoms with Crippen LogP contribution in [-0.2, 0) is 6.42 Å². The maximum Gasteiger partial charge on any atom is 0.123 e. The molecule has 0 heterocycles. The smallest absolute Gasteiger partial charge is 0.123 e. The lowest BCUT2D eigenvalue weighted by molar-refractivity contribution is 0.625. The second-order valence-electron chi connectivity index (χ2n) is 4.10. The van der Waals surface area contributed by atoms with E-state index in [-0.39, 0.29) is 5.82 Å². The van der Waals surface area contributed by atoms with Crippen molar-refractivity contribution in [3.05, 3.63) is 65.0 Å². The lowest BCUT2D eigenvalue weighted by Gasteiger charge is -2.06. The second kappa shape index (κ2) is 5.37. The average Bonchev–Trinajstić information content (AvgIpc) is 2.35. The summed E-state index contributed by atoms with van der Waals surface area (Å²) in [7, 11) is 0. The monoisotopic (exact) mass is 246 g/mol. The van der Waals surface area contributed by atoms with Crippen molar-refractivity contribution in [2.75, 3.05) is 6.26 Å². The first-order valence-electron chi connectivity index (χ1n) is 5.57. The summed E-state index contributed by atoms with van der Waals surface area (Å²) in [5, 5.41) is 0. The van der Waals surface area contributed by atoms with E-state index in [1.807, 2.05) is 13.0 Å². The molecule has 0 aliphatic carbocycles. The van der Waals surface area contributed by atoms with Gasteiger partial charge in [-0.1, -0.05) is 18.2 Å². The molecule has 0 bridgehead atoms. The summed E-state index contributed by atoms with van der Waals surface area (Å²) in [5.41, 5.74) is 3.42. The fraction of sp³-hybridized carbons (Fsp3) is 0.200. The molecule has 17 heavy (non-hydrogen) atoms. The highest BCUT2D eigenvalue weighted by Crippen LogP contribution is 2.19. The van der Waals surface area contributed by atoms with Crippen LogP contribution in [0.15, 0.2) is 47.4 Å². The molecular formula is C15H15FS. The summed E-state index contributed by atoms with van der Waals surface area (Å²) < 4.78 is 13.2. The Morgan fingerprint density at radius 1 is 1.06 bits per heavy atom. The standard InChI is InChI=1S/C15H15FS/c1-11-3-6-14(16)10-13(11)9-12-4-7-15(17-2)8-5-12/h3-8,10H,9H2,1-2H3. The van der Waals surface area contributed by atoms with Crippen molar-refractivity contribution >= 4 is 11.8 Å². The van der Waals surface area contributed by atoms with E-state index in [1.165, 1.54) is 16.5 Å². The van der Waals surface area contributed by atoms with Gasteiger partial charge in [-0.2, -0.15) is 0 Å². The largest absolute Gasteiger partial charge is 0.207 e. The third kappa shape index (κ3) is 3.10. The normalized spacial score (nSPS) is 10.5. The Morgan fingerprint density at radius 3 is 2.41 bits per heavy atom. The van der Waals surface area contributed by atoms with Gasteiger partial charge in [0.15, 0.2) is 0 Å². The molecule has 0 unspecified atom stereocenters. The molecule has 0 aliphatic heterocycles. The van der Waals surface area contributed by atoms with Gasteiger partial charge in [0.2, 0.25) is 0 Å². The quantitative estimate of drug-likeness (QED) is 0.721. The van der Waals surface area contributed by atoms with E-state index in [4.69, 9.17) is 0 Å². The van der Waals surface area contributed by atoms with Crippen LogP contribution in [0.5, 0.6) is 0 Å². The van der Waals surface area contributed by atoms with Crippen LogP contribution >= 0.6 is 11.8 Å². The van der Waals surface area contributed by atoms with Crippen LogP contribution < -0.4 is 0 Å². The first-order valence-corrected chi connectivity index (χ1v) is 6.79. The van der Waals surface area contributed by atoms with Gasteiger partial charge >= 0.3 is 0 Å². The van der Waals surface area contributed by atoms with Crippen molar-refractivity contribution in [3.8, 4) is 0 Å². The van der Waals surface area contributed by atoms with Crippen molar-refractivity contribution in [2.24, 2.45) is 0 Å². The van der Waals surface area contributed by atoms with Crippen LogP contribution in [0.1, 0.15) is 16.7 Å². The number of hydrogen-bond acceptors (Lipinski definition) is 1. The number of rotatable bonds is 3. The maximum atomic E-state index is 13.2. The van der Waals surface area contributed by atoms with Crippen LogP contribution in [0.3, 0.4) is 0 Å². The molecule has 0 nitrogen and oxygen atoms in total. The average molecular weight is 246 g/mol. The number of hydrogen-bond donors (Lipinski definition) is 0. The van der Waals surface area contributed by atoms with Gasteiger partial charge in [-0.3, -0.25) is 0 Å². The molecule has 0 radical (unpaired) electrons. The molecule has 0 aliphatic rings. The van der Waals surface area contributed by atoms with Crippen molar-refractivity contribution in [3.63, 3.8) is 0 Å². The van der Waals surface area contributed by atoms with Crippen LogP contribution in [-0.4, -0.2) is 6.26 Å². The minimum atomic E-state index is -0.161. The van der Waals surface area contributed by atoms with Gasteiger partial charge in [0.1, 0.15) is 5.82 Å². The zero-order valence-corrected chi connectivity index (χ0v) is 10.9. The highest BCUT2D eigenvalue weighted by Gasteiger charge is 2.02. The van der Waals surface area contributed by atoms with Crippen LogP contribution in [0, 0.1) is 12.7 Å². The van der Waals surface area contributed by atoms with Crippen molar-refractivity contribution < 1.29 is 4.39 Å². The molecule has 0 saturated heterocycles. The lowest BCUT2D eigenvalue weighted by atomic mass is 10.0. The molecule has 0 fully saturated rings.